The molecule has 1 atom stereocenters. The molecule has 0 spiro atoms. The molecule has 0 aromatic heterocycles. The summed E-state index contributed by atoms with van der Waals surface area (Å²) in [4.78, 5) is 14.6. The van der Waals surface area contributed by atoms with Crippen molar-refractivity contribution in [2.75, 3.05) is 0 Å². The third kappa shape index (κ3) is 4.53. The smallest absolute Gasteiger partial charge is 0.331 e. The van der Waals surface area contributed by atoms with Gasteiger partial charge < -0.3 is 4.74 Å². The van der Waals surface area contributed by atoms with Gasteiger partial charge in [0.25, 0.3) is 0 Å². The van der Waals surface area contributed by atoms with Crippen LogP contribution in [0.25, 0.3) is 0 Å². The average molecular weight is 157 g/mol. The largest absolute Gasteiger partial charge is 0.458 e. The van der Waals surface area contributed by atoms with Crippen molar-refractivity contribution in [3.05, 3.63) is 0 Å². The first-order valence-electron chi connectivity index (χ1n) is 3.55. The van der Waals surface area contributed by atoms with Gasteiger partial charge in [-0.15, -0.1) is 0 Å². The van der Waals surface area contributed by atoms with Gasteiger partial charge in [-0.05, 0) is 34.4 Å². The highest BCUT2D eigenvalue weighted by Gasteiger charge is 2.19. The van der Waals surface area contributed by atoms with E-state index in [-0.39, 0.29) is 5.97 Å². The third-order valence-electron chi connectivity index (χ3n) is 1.02. The highest BCUT2D eigenvalue weighted by atomic mass is 16.6. The quantitative estimate of drug-likeness (QED) is 0.449. The maximum atomic E-state index is 11.0. The van der Waals surface area contributed by atoms with Gasteiger partial charge in [-0.25, -0.2) is 4.79 Å². The molecule has 0 rings (SSSR count). The van der Waals surface area contributed by atoms with Gasteiger partial charge in [-0.2, -0.15) is 0 Å². The van der Waals surface area contributed by atoms with Crippen LogP contribution < -0.4 is 0 Å². The Morgan fingerprint density at radius 3 is 2.27 bits per heavy atom. The van der Waals surface area contributed by atoms with Crippen molar-refractivity contribution in [3.63, 3.8) is 0 Å². The molecule has 0 heterocycles. The lowest BCUT2D eigenvalue weighted by Crippen LogP contribution is -2.29. The van der Waals surface area contributed by atoms with Gasteiger partial charge in [-0.1, -0.05) is 0 Å². The van der Waals surface area contributed by atoms with E-state index in [2.05, 4.69) is 11.7 Å². The van der Waals surface area contributed by atoms with E-state index in [0.29, 0.717) is 0 Å². The summed E-state index contributed by atoms with van der Waals surface area (Å²) in [6, 6.07) is -0.464. The number of esters is 1. The van der Waals surface area contributed by atoms with Crippen molar-refractivity contribution in [1.82, 2.24) is 0 Å². The van der Waals surface area contributed by atoms with E-state index in [9.17, 15) is 4.79 Å². The highest BCUT2D eigenvalue weighted by Crippen LogP contribution is 2.08. The molecule has 0 aliphatic carbocycles. The van der Waals surface area contributed by atoms with Crippen molar-refractivity contribution in [3.8, 4) is 0 Å². The van der Waals surface area contributed by atoms with E-state index in [1.54, 1.807) is 6.92 Å². The molecular formula is C8H15NO2. The molecule has 0 aliphatic rings. The number of hydrogen-bond acceptors (Lipinski definition) is 3. The predicted molar refractivity (Wildman–Crippen MR) is 44.9 cm³/mol. The zero-order chi connectivity index (χ0) is 9.07. The van der Waals surface area contributed by atoms with E-state index in [4.69, 9.17) is 4.74 Å². The van der Waals surface area contributed by atoms with Gasteiger partial charge in [0.1, 0.15) is 11.6 Å². The van der Waals surface area contributed by atoms with Crippen molar-refractivity contribution >= 4 is 12.7 Å². The minimum Gasteiger partial charge on any atom is -0.458 e. The van der Waals surface area contributed by atoms with Crippen molar-refractivity contribution in [2.45, 2.75) is 39.3 Å². The molecule has 0 N–H and O–H groups in total. The number of carbonyl (C=O) groups excluding carboxylic acids is 1. The summed E-state index contributed by atoms with van der Waals surface area (Å²) in [6.07, 6.45) is 0. The number of rotatable bonds is 2. The fourth-order valence-corrected chi connectivity index (χ4v) is 0.462. The molecular weight excluding hydrogens is 142 g/mol. The van der Waals surface area contributed by atoms with E-state index in [1.807, 2.05) is 20.8 Å². The maximum absolute atomic E-state index is 11.0. The molecule has 3 heteroatoms. The zero-order valence-electron chi connectivity index (χ0n) is 7.55. The van der Waals surface area contributed by atoms with Gasteiger partial charge in [0, 0.05) is 0 Å². The van der Waals surface area contributed by atoms with Crippen molar-refractivity contribution in [1.29, 1.82) is 0 Å². The molecule has 64 valence electrons. The summed E-state index contributed by atoms with van der Waals surface area (Å²) in [6.45, 7) is 10.4. The second-order valence-electron chi connectivity index (χ2n) is 3.39. The van der Waals surface area contributed by atoms with Crippen molar-refractivity contribution < 1.29 is 9.53 Å². The number of aliphatic imine (C=N–C) groups is 1. The Hall–Kier alpha value is -0.860. The first-order valence-corrected chi connectivity index (χ1v) is 3.55. The first-order chi connectivity index (χ1) is 4.87. The van der Waals surface area contributed by atoms with Crippen molar-refractivity contribution in [2.24, 2.45) is 4.99 Å². The van der Waals surface area contributed by atoms with Crippen LogP contribution in [0.4, 0.5) is 0 Å². The number of ether oxygens (including phenoxy) is 1. The van der Waals surface area contributed by atoms with Gasteiger partial charge in [0.2, 0.25) is 0 Å². The molecule has 0 bridgehead atoms. The van der Waals surface area contributed by atoms with E-state index in [0.717, 1.165) is 0 Å². The Balaban J connectivity index is 3.98. The van der Waals surface area contributed by atoms with Crippen LogP contribution in [-0.2, 0) is 9.53 Å². The normalized spacial score (nSPS) is 13.8. The first kappa shape index (κ1) is 10.1. The molecule has 0 aromatic carbocycles. The topological polar surface area (TPSA) is 38.7 Å². The molecule has 0 radical (unpaired) electrons. The van der Waals surface area contributed by atoms with Crippen LogP contribution in [0.1, 0.15) is 27.7 Å². The molecule has 0 aromatic rings. The van der Waals surface area contributed by atoms with Crippen LogP contribution in [-0.4, -0.2) is 24.3 Å². The Morgan fingerprint density at radius 1 is 1.55 bits per heavy atom. The predicted octanol–water partition coefficient (Wildman–Crippen LogP) is 1.42. The fraction of sp³-hybridized carbons (Fsp3) is 0.750. The summed E-state index contributed by atoms with van der Waals surface area (Å²) < 4.78 is 5.02. The Labute approximate surface area is 67.5 Å². The minimum absolute atomic E-state index is 0.326. The Morgan fingerprint density at radius 2 is 2.00 bits per heavy atom. The van der Waals surface area contributed by atoms with Gasteiger partial charge in [0.05, 0.1) is 0 Å². The Bertz CT molecular complexity index is 158. The lowest BCUT2D eigenvalue weighted by Gasteiger charge is -2.20. The summed E-state index contributed by atoms with van der Waals surface area (Å²) >= 11 is 0. The lowest BCUT2D eigenvalue weighted by atomic mass is 10.2. The van der Waals surface area contributed by atoms with E-state index in [1.165, 1.54) is 0 Å². The monoisotopic (exact) mass is 157 g/mol. The summed E-state index contributed by atoms with van der Waals surface area (Å²) in [5.41, 5.74) is -0.434. The minimum atomic E-state index is -0.464. The number of carbonyl (C=O) groups is 1. The summed E-state index contributed by atoms with van der Waals surface area (Å²) in [7, 11) is 0. The molecule has 0 aliphatic heterocycles. The molecule has 0 saturated heterocycles. The molecule has 1 unspecified atom stereocenters. The summed E-state index contributed by atoms with van der Waals surface area (Å²) in [5, 5.41) is 0. The molecule has 11 heavy (non-hydrogen) atoms. The summed E-state index contributed by atoms with van der Waals surface area (Å²) in [5.74, 6) is -0.326. The standard InChI is InChI=1S/C8H15NO2/c1-6(9-5)7(10)11-8(2,3)4/h6H,5H2,1-4H3. The Kier molecular flexibility index (Phi) is 3.23. The van der Waals surface area contributed by atoms with Crippen LogP contribution in [0, 0.1) is 0 Å². The molecule has 0 saturated carbocycles. The van der Waals surface area contributed by atoms with Gasteiger partial charge in [0.15, 0.2) is 0 Å². The molecule has 0 amide bonds. The van der Waals surface area contributed by atoms with E-state index < -0.39 is 11.6 Å². The number of hydrogen-bond donors (Lipinski definition) is 0. The average Bonchev–Trinajstić information content (AvgIpc) is 1.82. The fourth-order valence-electron chi connectivity index (χ4n) is 0.462. The van der Waals surface area contributed by atoms with Crippen LogP contribution >= 0.6 is 0 Å². The highest BCUT2D eigenvalue weighted by molar-refractivity contribution is 5.76. The second-order valence-corrected chi connectivity index (χ2v) is 3.39. The van der Waals surface area contributed by atoms with Crippen LogP contribution in [0.15, 0.2) is 4.99 Å². The third-order valence-corrected chi connectivity index (χ3v) is 1.02. The SMILES string of the molecule is C=NC(C)C(=O)OC(C)(C)C. The van der Waals surface area contributed by atoms with Crippen LogP contribution in [0.2, 0.25) is 0 Å². The van der Waals surface area contributed by atoms with E-state index >= 15 is 0 Å². The van der Waals surface area contributed by atoms with Crippen LogP contribution in [0.5, 0.6) is 0 Å². The maximum Gasteiger partial charge on any atom is 0.331 e. The second kappa shape index (κ2) is 3.51. The molecule has 3 nitrogen and oxygen atoms in total. The van der Waals surface area contributed by atoms with Crippen LogP contribution in [0.3, 0.4) is 0 Å². The van der Waals surface area contributed by atoms with Gasteiger partial charge >= 0.3 is 5.97 Å². The lowest BCUT2D eigenvalue weighted by molar-refractivity contribution is -0.155. The molecule has 0 fully saturated rings. The number of nitrogens with zero attached hydrogens (tertiary/aromatic N) is 1. The van der Waals surface area contributed by atoms with Gasteiger partial charge in [-0.3, -0.25) is 4.99 Å². The zero-order valence-corrected chi connectivity index (χ0v) is 7.55.